The summed E-state index contributed by atoms with van der Waals surface area (Å²) < 4.78 is 1.88. The van der Waals surface area contributed by atoms with E-state index in [1.165, 1.54) is 0 Å². The largest absolute Gasteiger partial charge is 0.388 e. The van der Waals surface area contributed by atoms with Crippen LogP contribution in [0.3, 0.4) is 0 Å². The van der Waals surface area contributed by atoms with Crippen molar-refractivity contribution in [2.75, 3.05) is 0 Å². The first kappa shape index (κ1) is 11.9. The molecule has 1 aromatic heterocycles. The van der Waals surface area contributed by atoms with Gasteiger partial charge in [-0.25, -0.2) is 0 Å². The summed E-state index contributed by atoms with van der Waals surface area (Å²) >= 11 is 0. The van der Waals surface area contributed by atoms with Crippen LogP contribution >= 0.6 is 0 Å². The van der Waals surface area contributed by atoms with Gasteiger partial charge in [-0.2, -0.15) is 5.10 Å². The molecule has 0 saturated heterocycles. The molecule has 0 bridgehead atoms. The van der Waals surface area contributed by atoms with E-state index in [1.54, 1.807) is 0 Å². The standard InChI is InChI=1S/C14H18N2O/c1-11-10-13(16(2)15-11)8-9-14(17)12-6-4-3-5-7-12/h3-7,10,14,17H,8-9H2,1-2H3. The summed E-state index contributed by atoms with van der Waals surface area (Å²) in [5.41, 5.74) is 3.17. The number of aromatic nitrogens is 2. The van der Waals surface area contributed by atoms with E-state index in [2.05, 4.69) is 11.2 Å². The average molecular weight is 230 g/mol. The molecule has 17 heavy (non-hydrogen) atoms. The Kier molecular flexibility index (Phi) is 3.59. The van der Waals surface area contributed by atoms with E-state index < -0.39 is 6.10 Å². The number of rotatable bonds is 4. The Morgan fingerprint density at radius 2 is 2.00 bits per heavy atom. The van der Waals surface area contributed by atoms with Crippen LogP contribution in [0.15, 0.2) is 36.4 Å². The molecule has 3 nitrogen and oxygen atoms in total. The number of aliphatic hydroxyl groups excluding tert-OH is 1. The fraction of sp³-hybridized carbons (Fsp3) is 0.357. The van der Waals surface area contributed by atoms with Gasteiger partial charge in [-0.15, -0.1) is 0 Å². The number of benzene rings is 1. The molecule has 90 valence electrons. The molecule has 1 N–H and O–H groups in total. The van der Waals surface area contributed by atoms with Gasteiger partial charge in [0.15, 0.2) is 0 Å². The molecule has 0 aliphatic carbocycles. The van der Waals surface area contributed by atoms with Gasteiger partial charge in [0, 0.05) is 12.7 Å². The molecule has 2 rings (SSSR count). The Morgan fingerprint density at radius 3 is 2.59 bits per heavy atom. The Balaban J connectivity index is 1.97. The lowest BCUT2D eigenvalue weighted by Gasteiger charge is -2.10. The second-order valence-electron chi connectivity index (χ2n) is 4.37. The van der Waals surface area contributed by atoms with Crippen LogP contribution < -0.4 is 0 Å². The van der Waals surface area contributed by atoms with E-state index >= 15 is 0 Å². The zero-order chi connectivity index (χ0) is 12.3. The minimum Gasteiger partial charge on any atom is -0.388 e. The van der Waals surface area contributed by atoms with Crippen molar-refractivity contribution in [3.8, 4) is 0 Å². The van der Waals surface area contributed by atoms with E-state index in [0.717, 1.165) is 29.8 Å². The zero-order valence-corrected chi connectivity index (χ0v) is 10.3. The molecule has 0 aliphatic heterocycles. The van der Waals surface area contributed by atoms with Crippen molar-refractivity contribution in [2.45, 2.75) is 25.9 Å². The Bertz CT molecular complexity index is 476. The van der Waals surface area contributed by atoms with Crippen molar-refractivity contribution in [3.63, 3.8) is 0 Å². The van der Waals surface area contributed by atoms with Crippen molar-refractivity contribution in [1.29, 1.82) is 0 Å². The second-order valence-corrected chi connectivity index (χ2v) is 4.37. The molecule has 0 fully saturated rings. The first-order chi connectivity index (χ1) is 8.16. The topological polar surface area (TPSA) is 38.0 Å². The minimum absolute atomic E-state index is 0.397. The van der Waals surface area contributed by atoms with Crippen LogP contribution in [-0.2, 0) is 13.5 Å². The van der Waals surface area contributed by atoms with Crippen LogP contribution in [0.1, 0.15) is 29.5 Å². The Hall–Kier alpha value is -1.61. The Labute approximate surface area is 102 Å². The van der Waals surface area contributed by atoms with Crippen LogP contribution in [0, 0.1) is 6.92 Å². The molecule has 0 amide bonds. The average Bonchev–Trinajstić information content (AvgIpc) is 2.66. The van der Waals surface area contributed by atoms with Crippen LogP contribution in [0.2, 0.25) is 0 Å². The van der Waals surface area contributed by atoms with Gasteiger partial charge in [0.25, 0.3) is 0 Å². The monoisotopic (exact) mass is 230 g/mol. The first-order valence-corrected chi connectivity index (χ1v) is 5.89. The van der Waals surface area contributed by atoms with Crippen LogP contribution in [0.25, 0.3) is 0 Å². The molecular weight excluding hydrogens is 212 g/mol. The molecule has 0 saturated carbocycles. The highest BCUT2D eigenvalue weighted by Crippen LogP contribution is 2.18. The summed E-state index contributed by atoms with van der Waals surface area (Å²) in [6, 6.07) is 11.8. The normalized spacial score (nSPS) is 12.6. The lowest BCUT2D eigenvalue weighted by Crippen LogP contribution is -2.03. The van der Waals surface area contributed by atoms with Crippen LogP contribution in [0.5, 0.6) is 0 Å². The molecule has 1 unspecified atom stereocenters. The number of aliphatic hydroxyl groups is 1. The Morgan fingerprint density at radius 1 is 1.29 bits per heavy atom. The first-order valence-electron chi connectivity index (χ1n) is 5.89. The number of hydrogen-bond donors (Lipinski definition) is 1. The molecular formula is C14H18N2O. The minimum atomic E-state index is -0.397. The third-order valence-electron chi connectivity index (χ3n) is 2.96. The molecule has 0 spiro atoms. The highest BCUT2D eigenvalue weighted by Gasteiger charge is 2.09. The molecule has 1 aromatic carbocycles. The van der Waals surface area contributed by atoms with Crippen LogP contribution in [0.4, 0.5) is 0 Å². The molecule has 0 aliphatic rings. The molecule has 1 heterocycles. The third-order valence-corrected chi connectivity index (χ3v) is 2.96. The van der Waals surface area contributed by atoms with E-state index in [-0.39, 0.29) is 0 Å². The van der Waals surface area contributed by atoms with E-state index in [0.29, 0.717) is 0 Å². The summed E-state index contributed by atoms with van der Waals surface area (Å²) in [5.74, 6) is 0. The fourth-order valence-electron chi connectivity index (χ4n) is 2.02. The SMILES string of the molecule is Cc1cc(CCC(O)c2ccccc2)n(C)n1. The van der Waals surface area contributed by atoms with Crippen molar-refractivity contribution < 1.29 is 5.11 Å². The fourth-order valence-corrected chi connectivity index (χ4v) is 2.02. The lowest BCUT2D eigenvalue weighted by molar-refractivity contribution is 0.167. The van der Waals surface area contributed by atoms with Gasteiger partial charge in [-0.1, -0.05) is 30.3 Å². The number of hydrogen-bond acceptors (Lipinski definition) is 2. The van der Waals surface area contributed by atoms with Crippen LogP contribution in [-0.4, -0.2) is 14.9 Å². The maximum Gasteiger partial charge on any atom is 0.0793 e. The highest BCUT2D eigenvalue weighted by molar-refractivity contribution is 5.18. The number of nitrogens with zero attached hydrogens (tertiary/aromatic N) is 2. The van der Waals surface area contributed by atoms with E-state index in [4.69, 9.17) is 0 Å². The van der Waals surface area contributed by atoms with E-state index in [1.807, 2.05) is 49.0 Å². The third kappa shape index (κ3) is 2.94. The van der Waals surface area contributed by atoms with Gasteiger partial charge < -0.3 is 5.11 Å². The number of aryl methyl sites for hydroxylation is 3. The summed E-state index contributed by atoms with van der Waals surface area (Å²) in [5, 5.41) is 14.3. The van der Waals surface area contributed by atoms with Gasteiger partial charge in [0.2, 0.25) is 0 Å². The summed E-state index contributed by atoms with van der Waals surface area (Å²) in [6.45, 7) is 1.98. The molecule has 2 aromatic rings. The quantitative estimate of drug-likeness (QED) is 0.875. The maximum atomic E-state index is 10.0. The zero-order valence-electron chi connectivity index (χ0n) is 10.3. The maximum absolute atomic E-state index is 10.0. The molecule has 0 radical (unpaired) electrons. The van der Waals surface area contributed by atoms with E-state index in [9.17, 15) is 5.11 Å². The predicted molar refractivity (Wildman–Crippen MR) is 67.7 cm³/mol. The van der Waals surface area contributed by atoms with Gasteiger partial charge in [-0.05, 0) is 31.4 Å². The second kappa shape index (κ2) is 5.15. The summed E-state index contributed by atoms with van der Waals surface area (Å²) in [4.78, 5) is 0. The lowest BCUT2D eigenvalue weighted by atomic mass is 10.0. The van der Waals surface area contributed by atoms with Gasteiger partial charge in [-0.3, -0.25) is 4.68 Å². The van der Waals surface area contributed by atoms with Gasteiger partial charge in [0.05, 0.1) is 11.8 Å². The highest BCUT2D eigenvalue weighted by atomic mass is 16.3. The van der Waals surface area contributed by atoms with Crippen molar-refractivity contribution >= 4 is 0 Å². The molecule has 3 heteroatoms. The van der Waals surface area contributed by atoms with Gasteiger partial charge >= 0.3 is 0 Å². The molecule has 1 atom stereocenters. The van der Waals surface area contributed by atoms with Crippen molar-refractivity contribution in [1.82, 2.24) is 9.78 Å². The van der Waals surface area contributed by atoms with Crippen molar-refractivity contribution in [3.05, 3.63) is 53.3 Å². The predicted octanol–water partition coefficient (Wildman–Crippen LogP) is 2.39. The summed E-state index contributed by atoms with van der Waals surface area (Å²) in [6.07, 6.45) is 1.17. The summed E-state index contributed by atoms with van der Waals surface area (Å²) in [7, 11) is 1.94. The smallest absolute Gasteiger partial charge is 0.0793 e. The van der Waals surface area contributed by atoms with Crippen molar-refractivity contribution in [2.24, 2.45) is 7.05 Å². The van der Waals surface area contributed by atoms with Gasteiger partial charge in [0.1, 0.15) is 0 Å².